The van der Waals surface area contributed by atoms with Gasteiger partial charge in [0.15, 0.2) is 0 Å². The molecule has 0 aliphatic carbocycles. The Hall–Kier alpha value is -3.90. The first-order valence-electron chi connectivity index (χ1n) is 12.3. The molecule has 3 atom stereocenters. The molecule has 3 aromatic carbocycles. The highest BCUT2D eigenvalue weighted by Crippen LogP contribution is 2.36. The molecule has 0 saturated heterocycles. The third-order valence-corrected chi connectivity index (χ3v) is 7.10. The Balaban J connectivity index is 1.67. The van der Waals surface area contributed by atoms with E-state index in [0.29, 0.717) is 10.6 Å². The van der Waals surface area contributed by atoms with Gasteiger partial charge in [-0.2, -0.15) is 15.6 Å². The van der Waals surface area contributed by atoms with E-state index < -0.39 is 5.41 Å². The van der Waals surface area contributed by atoms with Gasteiger partial charge in [0, 0.05) is 29.4 Å². The lowest BCUT2D eigenvalue weighted by atomic mass is 9.79. The molecule has 0 aliphatic rings. The number of rotatable bonds is 9. The second-order valence-electron chi connectivity index (χ2n) is 9.94. The van der Waals surface area contributed by atoms with Crippen LogP contribution in [0.2, 0.25) is 5.02 Å². The van der Waals surface area contributed by atoms with E-state index in [9.17, 15) is 10.5 Å². The zero-order valence-corrected chi connectivity index (χ0v) is 22.0. The molecule has 0 aliphatic heterocycles. The SMILES string of the molecule is C[C@H](NC(c1ccc(-n2cccn2)cc1)C(C)(C)C#N)[C@@H](Cc1ccc(Cl)cc1)c1cccc(C#N)c1. The Morgan fingerprint density at radius 1 is 0.973 bits per heavy atom. The van der Waals surface area contributed by atoms with Crippen LogP contribution in [0.3, 0.4) is 0 Å². The largest absolute Gasteiger partial charge is 0.305 e. The maximum Gasteiger partial charge on any atom is 0.0991 e. The molecule has 1 N–H and O–H groups in total. The van der Waals surface area contributed by atoms with Crippen LogP contribution in [-0.2, 0) is 6.42 Å². The molecular formula is C31H30ClN5. The summed E-state index contributed by atoms with van der Waals surface area (Å²) >= 11 is 6.13. The predicted molar refractivity (Wildman–Crippen MR) is 147 cm³/mol. The fraction of sp³-hybridized carbons (Fsp3) is 0.258. The Bertz CT molecular complexity index is 1390. The summed E-state index contributed by atoms with van der Waals surface area (Å²) in [5.41, 5.74) is 4.20. The zero-order chi connectivity index (χ0) is 26.4. The number of nitriles is 2. The second kappa shape index (κ2) is 11.4. The lowest BCUT2D eigenvalue weighted by Crippen LogP contribution is -2.42. The van der Waals surface area contributed by atoms with Gasteiger partial charge >= 0.3 is 0 Å². The zero-order valence-electron chi connectivity index (χ0n) is 21.3. The topological polar surface area (TPSA) is 77.4 Å². The Kier molecular flexibility index (Phi) is 8.09. The van der Waals surface area contributed by atoms with E-state index in [-0.39, 0.29) is 18.0 Å². The number of aromatic nitrogens is 2. The number of halogens is 1. The van der Waals surface area contributed by atoms with Crippen LogP contribution in [0.15, 0.2) is 91.3 Å². The minimum Gasteiger partial charge on any atom is -0.305 e. The highest BCUT2D eigenvalue weighted by atomic mass is 35.5. The van der Waals surface area contributed by atoms with Gasteiger partial charge in [-0.05, 0) is 86.3 Å². The van der Waals surface area contributed by atoms with Gasteiger partial charge in [-0.25, -0.2) is 4.68 Å². The minimum atomic E-state index is -0.666. The lowest BCUT2D eigenvalue weighted by molar-refractivity contribution is 0.281. The summed E-state index contributed by atoms with van der Waals surface area (Å²) in [7, 11) is 0. The summed E-state index contributed by atoms with van der Waals surface area (Å²) in [4.78, 5) is 0. The molecule has 0 saturated carbocycles. The van der Waals surface area contributed by atoms with Gasteiger partial charge < -0.3 is 5.32 Å². The van der Waals surface area contributed by atoms with Crippen LogP contribution < -0.4 is 5.32 Å². The Morgan fingerprint density at radius 2 is 1.70 bits per heavy atom. The molecule has 0 amide bonds. The maximum atomic E-state index is 10.1. The van der Waals surface area contributed by atoms with Crippen LogP contribution in [0.25, 0.3) is 5.69 Å². The van der Waals surface area contributed by atoms with Crippen molar-refractivity contribution in [3.8, 4) is 17.8 Å². The Labute approximate surface area is 223 Å². The molecule has 0 radical (unpaired) electrons. The van der Waals surface area contributed by atoms with Crippen molar-refractivity contribution in [2.24, 2.45) is 5.41 Å². The minimum absolute atomic E-state index is 0.00645. The first-order chi connectivity index (χ1) is 17.8. The van der Waals surface area contributed by atoms with Gasteiger partial charge in [-0.1, -0.05) is 48.0 Å². The fourth-order valence-corrected chi connectivity index (χ4v) is 4.83. The summed E-state index contributed by atoms with van der Waals surface area (Å²) in [6.45, 7) is 6.07. The molecule has 0 bridgehead atoms. The quantitative estimate of drug-likeness (QED) is 0.265. The number of benzene rings is 3. The summed E-state index contributed by atoms with van der Waals surface area (Å²) in [6.07, 6.45) is 4.42. The molecule has 4 aromatic rings. The number of hydrogen-bond acceptors (Lipinski definition) is 4. The van der Waals surface area contributed by atoms with Crippen molar-refractivity contribution in [3.63, 3.8) is 0 Å². The van der Waals surface area contributed by atoms with Crippen LogP contribution in [0.1, 0.15) is 55.0 Å². The van der Waals surface area contributed by atoms with Crippen molar-refractivity contribution in [3.05, 3.63) is 119 Å². The number of nitrogens with zero attached hydrogens (tertiary/aromatic N) is 4. The molecule has 4 rings (SSSR count). The van der Waals surface area contributed by atoms with Crippen molar-refractivity contribution in [1.82, 2.24) is 15.1 Å². The van der Waals surface area contributed by atoms with Gasteiger partial charge in [0.1, 0.15) is 0 Å². The summed E-state index contributed by atoms with van der Waals surface area (Å²) < 4.78 is 1.81. The second-order valence-corrected chi connectivity index (χ2v) is 10.4. The molecular weight excluding hydrogens is 478 g/mol. The van der Waals surface area contributed by atoms with Crippen molar-refractivity contribution in [1.29, 1.82) is 10.5 Å². The molecule has 1 aromatic heterocycles. The molecule has 5 nitrogen and oxygen atoms in total. The van der Waals surface area contributed by atoms with E-state index >= 15 is 0 Å². The van der Waals surface area contributed by atoms with Crippen molar-refractivity contribution in [2.75, 3.05) is 0 Å². The molecule has 186 valence electrons. The number of hydrogen-bond donors (Lipinski definition) is 1. The predicted octanol–water partition coefficient (Wildman–Crippen LogP) is 6.99. The smallest absolute Gasteiger partial charge is 0.0991 e. The summed E-state index contributed by atoms with van der Waals surface area (Å²) in [5.74, 6) is 0.0646. The van der Waals surface area contributed by atoms with Crippen molar-refractivity contribution < 1.29 is 0 Å². The van der Waals surface area contributed by atoms with Gasteiger partial charge in [0.25, 0.3) is 0 Å². The number of nitrogens with one attached hydrogen (secondary N) is 1. The summed E-state index contributed by atoms with van der Waals surface area (Å²) in [6, 6.07) is 30.3. The maximum absolute atomic E-state index is 10.1. The van der Waals surface area contributed by atoms with Crippen molar-refractivity contribution in [2.45, 2.75) is 45.2 Å². The van der Waals surface area contributed by atoms with E-state index in [0.717, 1.165) is 28.8 Å². The molecule has 6 heteroatoms. The highest BCUT2D eigenvalue weighted by molar-refractivity contribution is 6.30. The molecule has 0 fully saturated rings. The van der Waals surface area contributed by atoms with Crippen molar-refractivity contribution >= 4 is 11.6 Å². The third-order valence-electron chi connectivity index (χ3n) is 6.85. The monoisotopic (exact) mass is 507 g/mol. The fourth-order valence-electron chi connectivity index (χ4n) is 4.70. The van der Waals surface area contributed by atoms with Crippen LogP contribution >= 0.6 is 11.6 Å². The molecule has 1 unspecified atom stereocenters. The standard InChI is InChI=1S/C31H30ClN5/c1-22(29(19-23-8-12-27(32)13-9-23)26-7-4-6-24(18-26)20-33)36-30(31(2,3)21-34)25-10-14-28(15-11-25)37-17-5-16-35-37/h4-18,22,29-30,36H,19H2,1-3H3/t22-,29+,30?/m0/s1. The van der Waals surface area contributed by atoms with E-state index in [4.69, 9.17) is 11.6 Å². The normalized spacial score (nSPS) is 13.8. The van der Waals surface area contributed by atoms with E-state index in [1.54, 1.807) is 6.20 Å². The van der Waals surface area contributed by atoms with Crippen LogP contribution in [0, 0.1) is 28.1 Å². The lowest BCUT2D eigenvalue weighted by Gasteiger charge is -2.36. The van der Waals surface area contributed by atoms with Gasteiger partial charge in [0.05, 0.1) is 34.8 Å². The highest BCUT2D eigenvalue weighted by Gasteiger charge is 2.34. The van der Waals surface area contributed by atoms with Gasteiger partial charge in [0.2, 0.25) is 0 Å². The van der Waals surface area contributed by atoms with Crippen LogP contribution in [-0.4, -0.2) is 15.8 Å². The average molecular weight is 508 g/mol. The van der Waals surface area contributed by atoms with E-state index in [2.05, 4.69) is 47.7 Å². The van der Waals surface area contributed by atoms with Crippen LogP contribution in [0.4, 0.5) is 0 Å². The van der Waals surface area contributed by atoms with Crippen LogP contribution in [0.5, 0.6) is 0 Å². The summed E-state index contributed by atoms with van der Waals surface area (Å²) in [5, 5.41) is 28.4. The van der Waals surface area contributed by atoms with E-state index in [1.165, 1.54) is 0 Å². The molecule has 0 spiro atoms. The Morgan fingerprint density at radius 3 is 2.32 bits per heavy atom. The molecule has 37 heavy (non-hydrogen) atoms. The van der Waals surface area contributed by atoms with Gasteiger partial charge in [-0.3, -0.25) is 0 Å². The average Bonchev–Trinajstić information content (AvgIpc) is 3.46. The van der Waals surface area contributed by atoms with Gasteiger partial charge in [-0.15, -0.1) is 0 Å². The third kappa shape index (κ3) is 6.27. The molecule has 1 heterocycles. The van der Waals surface area contributed by atoms with E-state index in [1.807, 2.05) is 85.4 Å². The first-order valence-corrected chi connectivity index (χ1v) is 12.7. The first kappa shape index (κ1) is 26.2.